The van der Waals surface area contributed by atoms with E-state index in [0.29, 0.717) is 45.5 Å². The van der Waals surface area contributed by atoms with Crippen molar-refractivity contribution in [1.29, 1.82) is 0 Å². The number of aromatic carboxylic acids is 1. The van der Waals surface area contributed by atoms with E-state index in [1.54, 1.807) is 37.3 Å². The molecular formula is C31H32N4O5. The molecule has 1 aliphatic heterocycles. The zero-order valence-electron chi connectivity index (χ0n) is 22.2. The maximum Gasteiger partial charge on any atom is 0.336 e. The molecule has 0 unspecified atom stereocenters. The van der Waals surface area contributed by atoms with Gasteiger partial charge in [-0.2, -0.15) is 0 Å². The van der Waals surface area contributed by atoms with Crippen LogP contribution in [-0.2, 0) is 0 Å². The van der Waals surface area contributed by atoms with E-state index in [2.05, 4.69) is 15.2 Å². The number of aliphatic hydroxyl groups is 1. The number of hydrogen-bond donors (Lipinski definition) is 5. The van der Waals surface area contributed by atoms with Gasteiger partial charge >= 0.3 is 5.97 Å². The summed E-state index contributed by atoms with van der Waals surface area (Å²) >= 11 is 0. The Morgan fingerprint density at radius 2 is 1.73 bits per heavy atom. The Hall–Kier alpha value is -4.47. The maximum atomic E-state index is 12.7. The van der Waals surface area contributed by atoms with Gasteiger partial charge in [0.25, 0.3) is 5.91 Å². The van der Waals surface area contributed by atoms with Gasteiger partial charge in [-0.15, -0.1) is 0 Å². The molecule has 0 radical (unpaired) electrons. The number of H-pyrrole nitrogens is 1. The summed E-state index contributed by atoms with van der Waals surface area (Å²) < 4.78 is 0. The zero-order valence-corrected chi connectivity index (χ0v) is 22.2. The molecule has 9 heteroatoms. The van der Waals surface area contributed by atoms with E-state index < -0.39 is 5.97 Å². The van der Waals surface area contributed by atoms with E-state index in [-0.39, 0.29) is 23.5 Å². The maximum absolute atomic E-state index is 12.7. The first kappa shape index (κ1) is 27.1. The lowest BCUT2D eigenvalue weighted by molar-refractivity contribution is 0.0696. The molecule has 2 heterocycles. The number of piperidine rings is 1. The highest BCUT2D eigenvalue weighted by atomic mass is 16.4. The molecule has 1 saturated heterocycles. The SMILES string of the molecule is Cc1cc2c(C(=Nc3ccc(C(=O)NCCN4CCC(O)CC4)cc3)c3ccccc3)c(O)[nH]c2cc1C(=O)O. The smallest absolute Gasteiger partial charge is 0.336 e. The van der Waals surface area contributed by atoms with Gasteiger partial charge in [0.05, 0.1) is 28.6 Å². The van der Waals surface area contributed by atoms with E-state index in [0.717, 1.165) is 38.0 Å². The molecule has 1 fully saturated rings. The lowest BCUT2D eigenvalue weighted by Crippen LogP contribution is -2.40. The average Bonchev–Trinajstić information content (AvgIpc) is 3.27. The number of hydrogen-bond acceptors (Lipinski definition) is 6. The lowest BCUT2D eigenvalue weighted by Gasteiger charge is -2.29. The molecule has 206 valence electrons. The summed E-state index contributed by atoms with van der Waals surface area (Å²) in [6, 6.07) is 19.6. The number of carboxylic acids is 1. The minimum absolute atomic E-state index is 0.112. The monoisotopic (exact) mass is 540 g/mol. The van der Waals surface area contributed by atoms with Crippen molar-refractivity contribution < 1.29 is 24.9 Å². The number of carboxylic acid groups (broad SMARTS) is 1. The van der Waals surface area contributed by atoms with Crippen LogP contribution < -0.4 is 5.32 Å². The molecule has 0 aliphatic carbocycles. The van der Waals surface area contributed by atoms with Crippen LogP contribution in [0.2, 0.25) is 0 Å². The Kier molecular flexibility index (Phi) is 7.95. The van der Waals surface area contributed by atoms with Crippen LogP contribution in [0.1, 0.15) is 50.2 Å². The molecule has 0 atom stereocenters. The molecular weight excluding hydrogens is 508 g/mol. The quantitative estimate of drug-likeness (QED) is 0.212. The number of rotatable bonds is 8. The molecule has 0 spiro atoms. The van der Waals surface area contributed by atoms with Gasteiger partial charge in [-0.05, 0) is 61.7 Å². The molecule has 40 heavy (non-hydrogen) atoms. The second-order valence-electron chi connectivity index (χ2n) is 10.1. The van der Waals surface area contributed by atoms with Gasteiger partial charge in [-0.25, -0.2) is 9.79 Å². The summed E-state index contributed by atoms with van der Waals surface area (Å²) in [5.74, 6) is -1.32. The van der Waals surface area contributed by atoms with Gasteiger partial charge in [0.2, 0.25) is 0 Å². The Balaban J connectivity index is 1.40. The fourth-order valence-corrected chi connectivity index (χ4v) is 5.06. The normalized spacial score (nSPS) is 14.9. The van der Waals surface area contributed by atoms with E-state index >= 15 is 0 Å². The molecule has 4 aromatic rings. The van der Waals surface area contributed by atoms with Gasteiger partial charge in [0.15, 0.2) is 5.88 Å². The molecule has 0 saturated carbocycles. The fraction of sp³-hybridized carbons (Fsp3) is 0.258. The van der Waals surface area contributed by atoms with Gasteiger partial charge in [-0.3, -0.25) is 4.79 Å². The number of aromatic amines is 1. The van der Waals surface area contributed by atoms with E-state index in [4.69, 9.17) is 4.99 Å². The Morgan fingerprint density at radius 1 is 1.02 bits per heavy atom. The number of aliphatic imine (C=N–C) groups is 1. The summed E-state index contributed by atoms with van der Waals surface area (Å²) in [5.41, 5.74) is 4.07. The first-order valence-electron chi connectivity index (χ1n) is 13.3. The highest BCUT2D eigenvalue weighted by molar-refractivity contribution is 6.22. The minimum atomic E-state index is -1.04. The van der Waals surface area contributed by atoms with Crippen molar-refractivity contribution in [3.63, 3.8) is 0 Å². The van der Waals surface area contributed by atoms with Crippen molar-refractivity contribution in [3.05, 3.63) is 94.5 Å². The Labute approximate surface area is 231 Å². The highest BCUT2D eigenvalue weighted by Gasteiger charge is 2.21. The molecule has 1 amide bonds. The van der Waals surface area contributed by atoms with Crippen molar-refractivity contribution >= 4 is 34.2 Å². The molecule has 1 aliphatic rings. The zero-order chi connectivity index (χ0) is 28.2. The van der Waals surface area contributed by atoms with Gasteiger partial charge < -0.3 is 30.5 Å². The Morgan fingerprint density at radius 3 is 2.40 bits per heavy atom. The number of aromatic nitrogens is 1. The number of aliphatic hydroxyl groups excluding tert-OH is 1. The Bertz CT molecular complexity index is 1550. The number of nitrogens with one attached hydrogen (secondary N) is 2. The summed E-state index contributed by atoms with van der Waals surface area (Å²) in [4.78, 5) is 34.3. The first-order valence-corrected chi connectivity index (χ1v) is 13.3. The largest absolute Gasteiger partial charge is 0.494 e. The second kappa shape index (κ2) is 11.7. The number of amides is 1. The van der Waals surface area contributed by atoms with Crippen LogP contribution in [0.25, 0.3) is 10.9 Å². The fourth-order valence-electron chi connectivity index (χ4n) is 5.06. The summed E-state index contributed by atoms with van der Waals surface area (Å²) in [5, 5.41) is 33.7. The second-order valence-corrected chi connectivity index (χ2v) is 10.1. The average molecular weight is 541 g/mol. The lowest BCUT2D eigenvalue weighted by atomic mass is 9.98. The molecule has 0 bridgehead atoms. The third-order valence-electron chi connectivity index (χ3n) is 7.28. The molecule has 5 rings (SSSR count). The predicted molar refractivity (Wildman–Crippen MR) is 154 cm³/mol. The van der Waals surface area contributed by atoms with Crippen LogP contribution in [0.3, 0.4) is 0 Å². The van der Waals surface area contributed by atoms with Crippen LogP contribution in [0.15, 0.2) is 71.7 Å². The summed E-state index contributed by atoms with van der Waals surface area (Å²) in [6.45, 7) is 4.65. The van der Waals surface area contributed by atoms with Crippen LogP contribution in [0.5, 0.6) is 5.88 Å². The molecule has 5 N–H and O–H groups in total. The number of likely N-dealkylation sites (tertiary alicyclic amines) is 1. The van der Waals surface area contributed by atoms with Crippen molar-refractivity contribution in [2.45, 2.75) is 25.9 Å². The third-order valence-corrected chi connectivity index (χ3v) is 7.28. The van der Waals surface area contributed by atoms with Gasteiger partial charge in [0, 0.05) is 48.2 Å². The minimum Gasteiger partial charge on any atom is -0.494 e. The van der Waals surface area contributed by atoms with Crippen molar-refractivity contribution in [3.8, 4) is 5.88 Å². The van der Waals surface area contributed by atoms with Crippen LogP contribution in [0, 0.1) is 6.92 Å². The third kappa shape index (κ3) is 5.90. The van der Waals surface area contributed by atoms with Crippen molar-refractivity contribution in [2.75, 3.05) is 26.2 Å². The van der Waals surface area contributed by atoms with E-state index in [9.17, 15) is 24.9 Å². The molecule has 9 nitrogen and oxygen atoms in total. The topological polar surface area (TPSA) is 138 Å². The highest BCUT2D eigenvalue weighted by Crippen LogP contribution is 2.33. The van der Waals surface area contributed by atoms with Crippen molar-refractivity contribution in [1.82, 2.24) is 15.2 Å². The number of aromatic hydroxyl groups is 1. The van der Waals surface area contributed by atoms with Crippen molar-refractivity contribution in [2.24, 2.45) is 4.99 Å². The van der Waals surface area contributed by atoms with E-state index in [1.165, 1.54) is 6.07 Å². The van der Waals surface area contributed by atoms with Gasteiger partial charge in [0.1, 0.15) is 0 Å². The van der Waals surface area contributed by atoms with Gasteiger partial charge in [-0.1, -0.05) is 30.3 Å². The van der Waals surface area contributed by atoms with Crippen LogP contribution >= 0.6 is 0 Å². The first-order chi connectivity index (χ1) is 19.3. The number of benzene rings is 3. The van der Waals surface area contributed by atoms with E-state index in [1.807, 2.05) is 30.3 Å². The number of fused-ring (bicyclic) bond motifs is 1. The van der Waals surface area contributed by atoms with Crippen LogP contribution in [0.4, 0.5) is 5.69 Å². The number of aryl methyl sites for hydroxylation is 1. The van der Waals surface area contributed by atoms with Crippen LogP contribution in [-0.4, -0.2) is 75.1 Å². The number of nitrogens with zero attached hydrogens (tertiary/aromatic N) is 2. The standard InChI is InChI=1S/C31H32N4O5/c1-19-17-25-26(18-24(19)31(39)40)34-30(38)27(25)28(20-5-3-2-4-6-20)33-22-9-7-21(8-10-22)29(37)32-13-16-35-14-11-23(36)12-15-35/h2-10,17-18,23,34,36,38H,11-16H2,1H3,(H,32,37)(H,39,40). The number of carbonyl (C=O) groups excluding carboxylic acids is 1. The number of carbonyl (C=O) groups is 2. The predicted octanol–water partition coefficient (Wildman–Crippen LogP) is 4.24. The summed E-state index contributed by atoms with van der Waals surface area (Å²) in [6.07, 6.45) is 1.31. The molecule has 3 aromatic carbocycles. The molecule has 1 aromatic heterocycles. The summed E-state index contributed by atoms with van der Waals surface area (Å²) in [7, 11) is 0.